The second-order valence-electron chi connectivity index (χ2n) is 6.80. The average molecular weight is 378 g/mol. The second kappa shape index (κ2) is 8.56. The molecule has 0 saturated carbocycles. The summed E-state index contributed by atoms with van der Waals surface area (Å²) in [6, 6.07) is 13.6. The first-order chi connectivity index (χ1) is 13.5. The van der Waals surface area contributed by atoms with E-state index < -0.39 is 0 Å². The standard InChI is InChI=1S/C21H26N6O/c1-15-6-5-7-19-25-18(14-27(15)19)13-24-21(22-2)23-12-16-8-10-17(11-9-16)20(28)26(3)4/h5-11,14H,12-13H2,1-4H3,(H2,22,23,24). The lowest BCUT2D eigenvalue weighted by atomic mass is 10.1. The van der Waals surface area contributed by atoms with Crippen LogP contribution in [0.4, 0.5) is 0 Å². The third-order valence-corrected chi connectivity index (χ3v) is 4.47. The third-order valence-electron chi connectivity index (χ3n) is 4.47. The number of amides is 1. The number of aromatic nitrogens is 2. The summed E-state index contributed by atoms with van der Waals surface area (Å²) in [7, 11) is 5.23. The fourth-order valence-corrected chi connectivity index (χ4v) is 2.89. The molecule has 0 aliphatic rings. The minimum atomic E-state index is -0.000299. The Morgan fingerprint density at radius 3 is 2.46 bits per heavy atom. The Kier molecular flexibility index (Phi) is 5.93. The van der Waals surface area contributed by atoms with Gasteiger partial charge in [0, 0.05) is 45.1 Å². The van der Waals surface area contributed by atoms with Crippen LogP contribution in [0.2, 0.25) is 0 Å². The first-order valence-corrected chi connectivity index (χ1v) is 9.16. The summed E-state index contributed by atoms with van der Waals surface area (Å²) < 4.78 is 2.07. The van der Waals surface area contributed by atoms with Gasteiger partial charge in [0.2, 0.25) is 0 Å². The predicted molar refractivity (Wildman–Crippen MR) is 111 cm³/mol. The number of nitrogens with one attached hydrogen (secondary N) is 2. The number of carbonyl (C=O) groups is 1. The highest BCUT2D eigenvalue weighted by molar-refractivity contribution is 5.93. The first-order valence-electron chi connectivity index (χ1n) is 9.16. The first kappa shape index (κ1) is 19.4. The van der Waals surface area contributed by atoms with E-state index in [1.54, 1.807) is 26.0 Å². The molecule has 7 nitrogen and oxygen atoms in total. The maximum absolute atomic E-state index is 11.9. The molecule has 0 fully saturated rings. The number of pyridine rings is 1. The molecule has 2 N–H and O–H groups in total. The van der Waals surface area contributed by atoms with Crippen molar-refractivity contribution >= 4 is 17.5 Å². The number of hydrogen-bond donors (Lipinski definition) is 2. The molecule has 2 aromatic heterocycles. The summed E-state index contributed by atoms with van der Waals surface area (Å²) in [4.78, 5) is 22.4. The molecule has 1 amide bonds. The second-order valence-corrected chi connectivity index (χ2v) is 6.80. The highest BCUT2D eigenvalue weighted by Crippen LogP contribution is 2.08. The van der Waals surface area contributed by atoms with Gasteiger partial charge in [0.15, 0.2) is 5.96 Å². The summed E-state index contributed by atoms with van der Waals surface area (Å²) in [5.74, 6) is 0.696. The Labute approximate surface area is 165 Å². The van der Waals surface area contributed by atoms with E-state index >= 15 is 0 Å². The van der Waals surface area contributed by atoms with Gasteiger partial charge in [-0.1, -0.05) is 18.2 Å². The van der Waals surface area contributed by atoms with Gasteiger partial charge in [0.05, 0.1) is 12.2 Å². The number of carbonyl (C=O) groups excluding carboxylic acids is 1. The number of rotatable bonds is 5. The lowest BCUT2D eigenvalue weighted by Crippen LogP contribution is -2.36. The van der Waals surface area contributed by atoms with Crippen LogP contribution in [0.5, 0.6) is 0 Å². The number of fused-ring (bicyclic) bond motifs is 1. The minimum absolute atomic E-state index is 0.000299. The Morgan fingerprint density at radius 2 is 1.82 bits per heavy atom. The van der Waals surface area contributed by atoms with E-state index in [1.165, 1.54) is 0 Å². The molecule has 1 aromatic carbocycles. The van der Waals surface area contributed by atoms with Crippen molar-refractivity contribution in [2.24, 2.45) is 4.99 Å². The number of nitrogens with zero attached hydrogens (tertiary/aromatic N) is 4. The van der Waals surface area contributed by atoms with Gasteiger partial charge in [0.1, 0.15) is 5.65 Å². The lowest BCUT2D eigenvalue weighted by molar-refractivity contribution is 0.0827. The van der Waals surface area contributed by atoms with E-state index in [9.17, 15) is 4.79 Å². The Morgan fingerprint density at radius 1 is 1.11 bits per heavy atom. The maximum atomic E-state index is 11.9. The molecule has 3 aromatic rings. The van der Waals surface area contributed by atoms with Crippen LogP contribution in [0.1, 0.15) is 27.3 Å². The summed E-state index contributed by atoms with van der Waals surface area (Å²) >= 11 is 0. The van der Waals surface area contributed by atoms with Gasteiger partial charge >= 0.3 is 0 Å². The maximum Gasteiger partial charge on any atom is 0.253 e. The highest BCUT2D eigenvalue weighted by Gasteiger charge is 2.08. The summed E-state index contributed by atoms with van der Waals surface area (Å²) in [6.07, 6.45) is 2.03. The number of aliphatic imine (C=N–C) groups is 1. The monoisotopic (exact) mass is 378 g/mol. The van der Waals surface area contributed by atoms with Crippen molar-refractivity contribution in [3.8, 4) is 0 Å². The third kappa shape index (κ3) is 4.49. The van der Waals surface area contributed by atoms with Gasteiger partial charge in [-0.05, 0) is 36.8 Å². The molecule has 0 atom stereocenters. The smallest absolute Gasteiger partial charge is 0.253 e. The van der Waals surface area contributed by atoms with Crippen molar-refractivity contribution < 1.29 is 4.79 Å². The fraction of sp³-hybridized carbons (Fsp3) is 0.286. The van der Waals surface area contributed by atoms with Crippen LogP contribution in [0.15, 0.2) is 53.7 Å². The van der Waals surface area contributed by atoms with Crippen molar-refractivity contribution in [3.05, 3.63) is 71.2 Å². The van der Waals surface area contributed by atoms with Gasteiger partial charge in [-0.15, -0.1) is 0 Å². The number of aryl methyl sites for hydroxylation is 1. The number of guanidine groups is 1. The van der Waals surface area contributed by atoms with Crippen molar-refractivity contribution in [2.45, 2.75) is 20.0 Å². The van der Waals surface area contributed by atoms with Crippen molar-refractivity contribution in [2.75, 3.05) is 21.1 Å². The molecule has 28 heavy (non-hydrogen) atoms. The van der Waals surface area contributed by atoms with E-state index in [0.29, 0.717) is 24.6 Å². The van der Waals surface area contributed by atoms with E-state index in [-0.39, 0.29) is 5.91 Å². The van der Waals surface area contributed by atoms with Gasteiger partial charge in [-0.25, -0.2) is 4.98 Å². The average Bonchev–Trinajstić information content (AvgIpc) is 3.12. The van der Waals surface area contributed by atoms with E-state index in [4.69, 9.17) is 0 Å². The number of hydrogen-bond acceptors (Lipinski definition) is 3. The molecular formula is C21H26N6O. The number of imidazole rings is 1. The van der Waals surface area contributed by atoms with Crippen LogP contribution in [-0.4, -0.2) is 47.3 Å². The molecule has 0 aliphatic carbocycles. The molecular weight excluding hydrogens is 352 g/mol. The van der Waals surface area contributed by atoms with Gasteiger partial charge in [-0.2, -0.15) is 0 Å². The Hall–Kier alpha value is -3.35. The number of benzene rings is 1. The van der Waals surface area contributed by atoms with Crippen molar-refractivity contribution in [3.63, 3.8) is 0 Å². The summed E-state index contributed by atoms with van der Waals surface area (Å²) in [6.45, 7) is 3.25. The van der Waals surface area contributed by atoms with Crippen LogP contribution in [0.25, 0.3) is 5.65 Å². The van der Waals surface area contributed by atoms with Gasteiger partial charge in [0.25, 0.3) is 5.91 Å². The molecule has 0 aliphatic heterocycles. The zero-order valence-corrected chi connectivity index (χ0v) is 16.7. The van der Waals surface area contributed by atoms with E-state index in [2.05, 4.69) is 38.0 Å². The summed E-state index contributed by atoms with van der Waals surface area (Å²) in [5, 5.41) is 6.56. The van der Waals surface area contributed by atoms with Gasteiger partial charge in [-0.3, -0.25) is 9.79 Å². The SMILES string of the molecule is CN=C(NCc1ccc(C(=O)N(C)C)cc1)NCc1cn2c(C)cccc2n1. The van der Waals surface area contributed by atoms with Crippen LogP contribution < -0.4 is 10.6 Å². The molecule has 0 radical (unpaired) electrons. The zero-order valence-electron chi connectivity index (χ0n) is 16.7. The van der Waals surface area contributed by atoms with Crippen LogP contribution in [0.3, 0.4) is 0 Å². The topological polar surface area (TPSA) is 74.0 Å². The fourth-order valence-electron chi connectivity index (χ4n) is 2.89. The normalized spacial score (nSPS) is 11.5. The lowest BCUT2D eigenvalue weighted by Gasteiger charge is -2.12. The van der Waals surface area contributed by atoms with Gasteiger partial charge < -0.3 is 19.9 Å². The van der Waals surface area contributed by atoms with Crippen LogP contribution >= 0.6 is 0 Å². The summed E-state index contributed by atoms with van der Waals surface area (Å²) in [5.41, 5.74) is 4.78. The van der Waals surface area contributed by atoms with Crippen LogP contribution in [0, 0.1) is 6.92 Å². The minimum Gasteiger partial charge on any atom is -0.352 e. The van der Waals surface area contributed by atoms with Crippen molar-refractivity contribution in [1.29, 1.82) is 0 Å². The predicted octanol–water partition coefficient (Wildman–Crippen LogP) is 2.21. The molecule has 0 spiro atoms. The van der Waals surface area contributed by atoms with Crippen LogP contribution in [-0.2, 0) is 13.1 Å². The van der Waals surface area contributed by atoms with E-state index in [1.807, 2.05) is 42.6 Å². The molecule has 2 heterocycles. The Bertz CT molecular complexity index is 988. The molecule has 146 valence electrons. The quantitative estimate of drug-likeness (QED) is 0.527. The molecule has 0 unspecified atom stereocenters. The highest BCUT2D eigenvalue weighted by atomic mass is 16.2. The molecule has 0 bridgehead atoms. The zero-order chi connectivity index (χ0) is 20.1. The molecule has 0 saturated heterocycles. The molecule has 3 rings (SSSR count). The van der Waals surface area contributed by atoms with Crippen molar-refractivity contribution in [1.82, 2.24) is 24.9 Å². The largest absolute Gasteiger partial charge is 0.352 e. The molecule has 7 heteroatoms. The Balaban J connectivity index is 1.56. The van der Waals surface area contributed by atoms with E-state index in [0.717, 1.165) is 22.6 Å².